The standard InChI is InChI=1S/C12H13ClN4O5/c1-20-11-12(16-22-15-11)21-6-2-5-14-9-7-8(13)3-4-10(9)17(18)19/h3-4,7,14H,2,5-6H2,1H3. The van der Waals surface area contributed by atoms with Gasteiger partial charge in [-0.15, -0.1) is 0 Å². The number of nitrogens with one attached hydrogen (secondary N) is 1. The maximum Gasteiger partial charge on any atom is 0.320 e. The number of anilines is 1. The molecule has 1 aromatic carbocycles. The van der Waals surface area contributed by atoms with Crippen molar-refractivity contribution in [3.05, 3.63) is 33.3 Å². The fourth-order valence-corrected chi connectivity index (χ4v) is 1.83. The molecule has 0 atom stereocenters. The lowest BCUT2D eigenvalue weighted by Gasteiger charge is -2.07. The first-order valence-corrected chi connectivity index (χ1v) is 6.66. The van der Waals surface area contributed by atoms with E-state index >= 15 is 0 Å². The fraction of sp³-hybridized carbons (Fsp3) is 0.333. The lowest BCUT2D eigenvalue weighted by Crippen LogP contribution is -2.09. The molecule has 0 saturated carbocycles. The van der Waals surface area contributed by atoms with E-state index < -0.39 is 4.92 Å². The molecule has 0 saturated heterocycles. The van der Waals surface area contributed by atoms with Gasteiger partial charge in [0, 0.05) is 17.6 Å². The number of benzene rings is 1. The smallest absolute Gasteiger partial charge is 0.320 e. The number of nitrogens with zero attached hydrogens (tertiary/aromatic N) is 3. The average molecular weight is 329 g/mol. The van der Waals surface area contributed by atoms with Gasteiger partial charge in [-0.1, -0.05) is 11.6 Å². The van der Waals surface area contributed by atoms with Gasteiger partial charge in [0.2, 0.25) is 0 Å². The molecule has 0 aliphatic carbocycles. The van der Waals surface area contributed by atoms with E-state index in [0.29, 0.717) is 30.3 Å². The van der Waals surface area contributed by atoms with E-state index in [1.165, 1.54) is 25.3 Å². The summed E-state index contributed by atoms with van der Waals surface area (Å²) in [4.78, 5) is 10.4. The molecular weight excluding hydrogens is 316 g/mol. The predicted octanol–water partition coefficient (Wildman–Crippen LogP) is 2.52. The van der Waals surface area contributed by atoms with Crippen LogP contribution in [0, 0.1) is 10.1 Å². The molecule has 0 aliphatic heterocycles. The molecule has 0 spiro atoms. The Balaban J connectivity index is 1.82. The molecule has 0 amide bonds. The molecule has 0 bridgehead atoms. The Morgan fingerprint density at radius 1 is 1.41 bits per heavy atom. The zero-order valence-corrected chi connectivity index (χ0v) is 12.4. The van der Waals surface area contributed by atoms with Crippen LogP contribution in [0.3, 0.4) is 0 Å². The minimum absolute atomic E-state index is 0.0345. The van der Waals surface area contributed by atoms with Gasteiger partial charge in [0.05, 0.1) is 18.6 Å². The van der Waals surface area contributed by atoms with Crippen LogP contribution >= 0.6 is 11.6 Å². The summed E-state index contributed by atoms with van der Waals surface area (Å²) in [5.41, 5.74) is 0.325. The number of aromatic nitrogens is 2. The zero-order valence-electron chi connectivity index (χ0n) is 11.6. The molecule has 1 heterocycles. The summed E-state index contributed by atoms with van der Waals surface area (Å²) < 4.78 is 14.6. The topological polar surface area (TPSA) is 113 Å². The zero-order chi connectivity index (χ0) is 15.9. The van der Waals surface area contributed by atoms with Crippen LogP contribution < -0.4 is 14.8 Å². The van der Waals surface area contributed by atoms with Crippen LogP contribution in [-0.2, 0) is 0 Å². The first kappa shape index (κ1) is 15.8. The molecule has 22 heavy (non-hydrogen) atoms. The van der Waals surface area contributed by atoms with Gasteiger partial charge in [0.25, 0.3) is 5.69 Å². The van der Waals surface area contributed by atoms with Crippen LogP contribution in [0.4, 0.5) is 11.4 Å². The summed E-state index contributed by atoms with van der Waals surface area (Å²) >= 11 is 5.84. The highest BCUT2D eigenvalue weighted by Gasteiger charge is 2.14. The van der Waals surface area contributed by atoms with Crippen molar-refractivity contribution in [1.82, 2.24) is 10.3 Å². The monoisotopic (exact) mass is 328 g/mol. The van der Waals surface area contributed by atoms with Gasteiger partial charge in [0.1, 0.15) is 5.69 Å². The summed E-state index contributed by atoms with van der Waals surface area (Å²) in [6.07, 6.45) is 0.569. The fourth-order valence-electron chi connectivity index (χ4n) is 1.66. The number of nitro benzene ring substituents is 1. The first-order valence-electron chi connectivity index (χ1n) is 6.29. The normalized spacial score (nSPS) is 10.3. The number of rotatable bonds is 8. The Morgan fingerprint density at radius 3 is 2.91 bits per heavy atom. The van der Waals surface area contributed by atoms with Gasteiger partial charge in [0.15, 0.2) is 0 Å². The molecule has 10 heteroatoms. The van der Waals surface area contributed by atoms with Gasteiger partial charge in [-0.05, 0) is 28.9 Å². The van der Waals surface area contributed by atoms with Gasteiger partial charge >= 0.3 is 11.8 Å². The Kier molecular flexibility index (Phi) is 5.37. The van der Waals surface area contributed by atoms with Crippen LogP contribution in [0.1, 0.15) is 6.42 Å². The Bertz CT molecular complexity index is 648. The highest BCUT2D eigenvalue weighted by molar-refractivity contribution is 6.31. The van der Waals surface area contributed by atoms with E-state index in [-0.39, 0.29) is 17.4 Å². The Hall–Kier alpha value is -2.55. The quantitative estimate of drug-likeness (QED) is 0.447. The van der Waals surface area contributed by atoms with E-state index in [4.69, 9.17) is 21.1 Å². The Morgan fingerprint density at radius 2 is 2.18 bits per heavy atom. The number of nitro groups is 1. The molecule has 0 aliphatic rings. The SMILES string of the molecule is COc1nonc1OCCCNc1cc(Cl)ccc1[N+](=O)[O-]. The molecule has 2 rings (SSSR count). The van der Waals surface area contributed by atoms with Crippen LogP contribution in [0.2, 0.25) is 5.02 Å². The minimum atomic E-state index is -0.471. The predicted molar refractivity (Wildman–Crippen MR) is 77.6 cm³/mol. The van der Waals surface area contributed by atoms with Gasteiger partial charge in [-0.2, -0.15) is 0 Å². The molecule has 9 nitrogen and oxygen atoms in total. The second-order valence-corrected chi connectivity index (χ2v) is 4.56. The number of ether oxygens (including phenoxy) is 2. The number of methoxy groups -OCH3 is 1. The summed E-state index contributed by atoms with van der Waals surface area (Å²) in [6, 6.07) is 4.33. The molecule has 1 aromatic heterocycles. The third kappa shape index (κ3) is 3.98. The van der Waals surface area contributed by atoms with Crippen LogP contribution in [0.15, 0.2) is 22.8 Å². The van der Waals surface area contributed by atoms with Crippen molar-refractivity contribution >= 4 is 23.0 Å². The molecular formula is C12H13ClN4O5. The van der Waals surface area contributed by atoms with E-state index in [2.05, 4.69) is 20.3 Å². The van der Waals surface area contributed by atoms with Crippen molar-refractivity contribution in [3.8, 4) is 11.8 Å². The number of hydrogen-bond donors (Lipinski definition) is 1. The maximum atomic E-state index is 10.9. The van der Waals surface area contributed by atoms with Gasteiger partial charge < -0.3 is 14.8 Å². The van der Waals surface area contributed by atoms with Crippen molar-refractivity contribution in [2.45, 2.75) is 6.42 Å². The third-order valence-corrected chi connectivity index (χ3v) is 2.89. The molecule has 118 valence electrons. The summed E-state index contributed by atoms with van der Waals surface area (Å²) in [5.74, 6) is 0.328. The molecule has 1 N–H and O–H groups in total. The number of hydrogen-bond acceptors (Lipinski definition) is 8. The van der Waals surface area contributed by atoms with E-state index in [1.54, 1.807) is 0 Å². The van der Waals surface area contributed by atoms with Crippen molar-refractivity contribution in [3.63, 3.8) is 0 Å². The van der Waals surface area contributed by atoms with E-state index in [9.17, 15) is 10.1 Å². The second kappa shape index (κ2) is 7.46. The second-order valence-electron chi connectivity index (χ2n) is 4.13. The highest BCUT2D eigenvalue weighted by atomic mass is 35.5. The summed E-state index contributed by atoms with van der Waals surface area (Å²) in [5, 5.41) is 21.3. The lowest BCUT2D eigenvalue weighted by atomic mass is 10.2. The van der Waals surface area contributed by atoms with Crippen LogP contribution in [0.25, 0.3) is 0 Å². The molecule has 0 fully saturated rings. The summed E-state index contributed by atoms with van der Waals surface area (Å²) in [6.45, 7) is 0.765. The van der Waals surface area contributed by atoms with Gasteiger partial charge in [-0.25, -0.2) is 4.63 Å². The lowest BCUT2D eigenvalue weighted by molar-refractivity contribution is -0.384. The van der Waals surface area contributed by atoms with Crippen LogP contribution in [-0.4, -0.2) is 35.5 Å². The third-order valence-electron chi connectivity index (χ3n) is 2.65. The molecule has 0 radical (unpaired) electrons. The number of halogens is 1. The molecule has 0 unspecified atom stereocenters. The average Bonchev–Trinajstić information content (AvgIpc) is 2.94. The summed E-state index contributed by atoms with van der Waals surface area (Å²) in [7, 11) is 1.42. The Labute approximate surface area is 130 Å². The van der Waals surface area contributed by atoms with E-state index in [0.717, 1.165) is 0 Å². The van der Waals surface area contributed by atoms with E-state index in [1.807, 2.05) is 0 Å². The molecule has 2 aromatic rings. The van der Waals surface area contributed by atoms with Crippen LogP contribution in [0.5, 0.6) is 11.8 Å². The minimum Gasteiger partial charge on any atom is -0.475 e. The first-order chi connectivity index (χ1) is 10.6. The van der Waals surface area contributed by atoms with Crippen molar-refractivity contribution in [2.75, 3.05) is 25.6 Å². The van der Waals surface area contributed by atoms with Crippen molar-refractivity contribution in [2.24, 2.45) is 0 Å². The largest absolute Gasteiger partial charge is 0.475 e. The van der Waals surface area contributed by atoms with Gasteiger partial charge in [-0.3, -0.25) is 10.1 Å². The van der Waals surface area contributed by atoms with Crippen molar-refractivity contribution in [1.29, 1.82) is 0 Å². The maximum absolute atomic E-state index is 10.9. The highest BCUT2D eigenvalue weighted by Crippen LogP contribution is 2.27. The van der Waals surface area contributed by atoms with Crippen molar-refractivity contribution < 1.29 is 19.0 Å².